The van der Waals surface area contributed by atoms with Crippen molar-refractivity contribution in [1.29, 1.82) is 0 Å². The van der Waals surface area contributed by atoms with E-state index in [9.17, 15) is 0 Å². The molecule has 0 amide bonds. The van der Waals surface area contributed by atoms with Crippen LogP contribution in [0.5, 0.6) is 0 Å². The zero-order valence-corrected chi connectivity index (χ0v) is 11.2. The Morgan fingerprint density at radius 1 is 1.38 bits per heavy atom. The number of halogens is 1. The van der Waals surface area contributed by atoms with E-state index in [4.69, 9.17) is 5.73 Å². The molecule has 1 atom stereocenters. The van der Waals surface area contributed by atoms with E-state index >= 15 is 0 Å². The van der Waals surface area contributed by atoms with Crippen LogP contribution in [0.2, 0.25) is 0 Å². The fraction of sp³-hybridized carbons (Fsp3) is 0.583. The predicted molar refractivity (Wildman–Crippen MR) is 71.6 cm³/mol. The zero-order valence-electron chi connectivity index (χ0n) is 9.62. The van der Waals surface area contributed by atoms with Gasteiger partial charge in [-0.15, -0.1) is 0 Å². The number of nitrogens with zero attached hydrogens (tertiary/aromatic N) is 2. The van der Waals surface area contributed by atoms with E-state index in [1.807, 2.05) is 6.20 Å². The van der Waals surface area contributed by atoms with Crippen molar-refractivity contribution in [2.75, 3.05) is 17.2 Å². The van der Waals surface area contributed by atoms with Gasteiger partial charge < -0.3 is 10.6 Å². The van der Waals surface area contributed by atoms with Gasteiger partial charge >= 0.3 is 0 Å². The molecule has 4 heteroatoms. The quantitative estimate of drug-likeness (QED) is 0.861. The summed E-state index contributed by atoms with van der Waals surface area (Å²) < 4.78 is 1.00. The van der Waals surface area contributed by atoms with Crippen LogP contribution in [0.25, 0.3) is 0 Å². The van der Waals surface area contributed by atoms with E-state index < -0.39 is 0 Å². The molecular weight excluding hydrogens is 266 g/mol. The summed E-state index contributed by atoms with van der Waals surface area (Å²) in [5.41, 5.74) is 7.91. The van der Waals surface area contributed by atoms with Crippen molar-refractivity contribution < 1.29 is 0 Å². The number of aromatic nitrogens is 1. The van der Waals surface area contributed by atoms with Gasteiger partial charge in [0.15, 0.2) is 0 Å². The number of rotatable bonds is 1. The second-order valence-electron chi connectivity index (χ2n) is 4.45. The molecule has 2 N–H and O–H groups in total. The maximum absolute atomic E-state index is 6.03. The highest BCUT2D eigenvalue weighted by molar-refractivity contribution is 9.10. The summed E-state index contributed by atoms with van der Waals surface area (Å²) in [6.07, 6.45) is 8.69. The van der Waals surface area contributed by atoms with Crippen molar-refractivity contribution in [2.45, 2.75) is 38.6 Å². The van der Waals surface area contributed by atoms with Crippen LogP contribution in [0.3, 0.4) is 0 Å². The van der Waals surface area contributed by atoms with Gasteiger partial charge in [0, 0.05) is 18.8 Å². The lowest BCUT2D eigenvalue weighted by atomic mass is 10.1. The fourth-order valence-corrected chi connectivity index (χ4v) is 2.93. The summed E-state index contributed by atoms with van der Waals surface area (Å²) in [6.45, 7) is 3.37. The highest BCUT2D eigenvalue weighted by atomic mass is 79.9. The van der Waals surface area contributed by atoms with E-state index in [2.05, 4.69) is 32.7 Å². The Bertz CT molecular complexity index is 347. The molecule has 0 saturated carbocycles. The van der Waals surface area contributed by atoms with Gasteiger partial charge in [-0.25, -0.2) is 0 Å². The molecule has 0 radical (unpaired) electrons. The Morgan fingerprint density at radius 2 is 2.19 bits per heavy atom. The summed E-state index contributed by atoms with van der Waals surface area (Å²) >= 11 is 3.55. The second-order valence-corrected chi connectivity index (χ2v) is 5.31. The van der Waals surface area contributed by atoms with Crippen molar-refractivity contribution in [3.63, 3.8) is 0 Å². The maximum Gasteiger partial charge on any atom is 0.0778 e. The van der Waals surface area contributed by atoms with Crippen LogP contribution in [0.1, 0.15) is 32.6 Å². The van der Waals surface area contributed by atoms with Gasteiger partial charge in [0.1, 0.15) is 0 Å². The highest BCUT2D eigenvalue weighted by Gasteiger charge is 2.21. The summed E-state index contributed by atoms with van der Waals surface area (Å²) in [5, 5.41) is 0. The van der Waals surface area contributed by atoms with Crippen molar-refractivity contribution >= 4 is 27.3 Å². The number of hydrogen-bond donors (Lipinski definition) is 1. The van der Waals surface area contributed by atoms with Gasteiger partial charge in [0.2, 0.25) is 0 Å². The number of pyridine rings is 1. The molecule has 16 heavy (non-hydrogen) atoms. The van der Waals surface area contributed by atoms with Crippen LogP contribution in [-0.2, 0) is 0 Å². The highest BCUT2D eigenvalue weighted by Crippen LogP contribution is 2.34. The molecule has 0 spiro atoms. The third kappa shape index (κ3) is 2.32. The maximum atomic E-state index is 6.03. The monoisotopic (exact) mass is 283 g/mol. The minimum Gasteiger partial charge on any atom is -0.396 e. The number of nitrogen functional groups attached to an aromatic ring is 1. The van der Waals surface area contributed by atoms with Crippen LogP contribution in [-0.4, -0.2) is 17.6 Å². The van der Waals surface area contributed by atoms with Crippen molar-refractivity contribution in [3.8, 4) is 0 Å². The first-order chi connectivity index (χ1) is 7.70. The Balaban J connectivity index is 2.33. The van der Waals surface area contributed by atoms with Gasteiger partial charge in [-0.2, -0.15) is 0 Å². The Kier molecular flexibility index (Phi) is 3.69. The summed E-state index contributed by atoms with van der Waals surface area (Å²) in [6, 6.07) is 0.559. The van der Waals surface area contributed by atoms with Crippen molar-refractivity contribution in [3.05, 3.63) is 16.9 Å². The van der Waals surface area contributed by atoms with Crippen LogP contribution in [0, 0.1) is 0 Å². The van der Waals surface area contributed by atoms with E-state index in [1.165, 1.54) is 25.7 Å². The minimum absolute atomic E-state index is 0.559. The largest absolute Gasteiger partial charge is 0.396 e. The Morgan fingerprint density at radius 3 is 2.94 bits per heavy atom. The number of hydrogen-bond acceptors (Lipinski definition) is 3. The number of anilines is 2. The molecular formula is C12H18BrN3. The molecule has 1 unspecified atom stereocenters. The molecule has 88 valence electrons. The molecule has 1 fully saturated rings. The average molecular weight is 284 g/mol. The van der Waals surface area contributed by atoms with Crippen molar-refractivity contribution in [1.82, 2.24) is 4.98 Å². The smallest absolute Gasteiger partial charge is 0.0778 e. The van der Waals surface area contributed by atoms with Gasteiger partial charge in [0.25, 0.3) is 0 Å². The van der Waals surface area contributed by atoms with Gasteiger partial charge in [-0.1, -0.05) is 12.8 Å². The molecule has 1 aliphatic rings. The normalized spacial score (nSPS) is 21.9. The van der Waals surface area contributed by atoms with Gasteiger partial charge in [-0.3, -0.25) is 4.98 Å². The summed E-state index contributed by atoms with van der Waals surface area (Å²) in [5.74, 6) is 0. The molecule has 1 aromatic heterocycles. The molecule has 0 aromatic carbocycles. The van der Waals surface area contributed by atoms with Gasteiger partial charge in [0.05, 0.1) is 22.0 Å². The Labute approximate surface area is 105 Å². The predicted octanol–water partition coefficient (Wildman–Crippen LogP) is 3.20. The average Bonchev–Trinajstić information content (AvgIpc) is 2.44. The van der Waals surface area contributed by atoms with E-state index in [0.29, 0.717) is 6.04 Å². The fourth-order valence-electron chi connectivity index (χ4n) is 2.35. The summed E-state index contributed by atoms with van der Waals surface area (Å²) in [4.78, 5) is 6.50. The minimum atomic E-state index is 0.559. The standard InChI is InChI=1S/C12H18BrN3/c1-9-5-3-2-4-6-16(9)12-10(13)7-15-8-11(12)14/h7-9H,2-6,14H2,1H3. The Hall–Kier alpha value is -0.770. The first kappa shape index (κ1) is 11.7. The number of nitrogens with two attached hydrogens (primary N) is 1. The third-order valence-electron chi connectivity index (χ3n) is 3.24. The molecule has 0 bridgehead atoms. The molecule has 3 nitrogen and oxygen atoms in total. The van der Waals surface area contributed by atoms with Crippen LogP contribution >= 0.6 is 15.9 Å². The first-order valence-corrected chi connectivity index (χ1v) is 6.65. The van der Waals surface area contributed by atoms with Crippen LogP contribution in [0.4, 0.5) is 11.4 Å². The molecule has 1 saturated heterocycles. The lowest BCUT2D eigenvalue weighted by Crippen LogP contribution is -2.33. The third-order valence-corrected chi connectivity index (χ3v) is 3.82. The lowest BCUT2D eigenvalue weighted by Gasteiger charge is -2.31. The zero-order chi connectivity index (χ0) is 11.5. The molecule has 1 aromatic rings. The lowest BCUT2D eigenvalue weighted by molar-refractivity contribution is 0.616. The van der Waals surface area contributed by atoms with E-state index in [-0.39, 0.29) is 0 Å². The van der Waals surface area contributed by atoms with Crippen LogP contribution in [0.15, 0.2) is 16.9 Å². The molecule has 1 aliphatic heterocycles. The molecule has 2 rings (SSSR count). The van der Waals surface area contributed by atoms with E-state index in [0.717, 1.165) is 22.4 Å². The molecule has 0 aliphatic carbocycles. The second kappa shape index (κ2) is 5.04. The van der Waals surface area contributed by atoms with Crippen LogP contribution < -0.4 is 10.6 Å². The first-order valence-electron chi connectivity index (χ1n) is 5.86. The topological polar surface area (TPSA) is 42.1 Å². The van der Waals surface area contributed by atoms with Gasteiger partial charge in [-0.05, 0) is 35.7 Å². The van der Waals surface area contributed by atoms with Crippen molar-refractivity contribution in [2.24, 2.45) is 0 Å². The molecule has 2 heterocycles. The van der Waals surface area contributed by atoms with E-state index in [1.54, 1.807) is 6.20 Å². The SMILES string of the molecule is CC1CCCCCN1c1c(N)cncc1Br. The summed E-state index contributed by atoms with van der Waals surface area (Å²) in [7, 11) is 0.